The first-order valence-corrected chi connectivity index (χ1v) is 10.2. The first kappa shape index (κ1) is 21.4. The number of carbonyl (C=O) groups is 2. The topological polar surface area (TPSA) is 120 Å². The van der Waals surface area contributed by atoms with Crippen molar-refractivity contribution in [2.24, 2.45) is 14.1 Å². The Labute approximate surface area is 175 Å². The monoisotopic (exact) mass is 430 g/mol. The van der Waals surface area contributed by atoms with Gasteiger partial charge in [0.25, 0.3) is 5.56 Å². The fourth-order valence-corrected chi connectivity index (χ4v) is 3.89. The van der Waals surface area contributed by atoms with E-state index in [1.807, 2.05) is 6.92 Å². The smallest absolute Gasteiger partial charge is 0.326 e. The van der Waals surface area contributed by atoms with Gasteiger partial charge in [0.05, 0.1) is 5.75 Å². The standard InChI is InChI=1S/C19H22N6O4S/c1-5-25-15-16(23(3)19(29)24(4)17(15)28)22-18(25)30-10-14(27)21-13-8-6-7-12(9-13)20-11(2)26/h6-9H,5,10H2,1-4H3,(H,20,26)(H,21,27). The van der Waals surface area contributed by atoms with E-state index in [2.05, 4.69) is 15.6 Å². The van der Waals surface area contributed by atoms with Crippen molar-refractivity contribution in [2.45, 2.75) is 25.5 Å². The molecule has 0 unspecified atom stereocenters. The quantitative estimate of drug-likeness (QED) is 0.566. The summed E-state index contributed by atoms with van der Waals surface area (Å²) in [4.78, 5) is 52.7. The molecule has 0 radical (unpaired) electrons. The molecule has 30 heavy (non-hydrogen) atoms. The van der Waals surface area contributed by atoms with Crippen LogP contribution in [0.3, 0.4) is 0 Å². The lowest BCUT2D eigenvalue weighted by Crippen LogP contribution is -2.37. The Bertz CT molecular complexity index is 1260. The average Bonchev–Trinajstić information content (AvgIpc) is 3.07. The summed E-state index contributed by atoms with van der Waals surface area (Å²) in [5.41, 5.74) is 0.864. The van der Waals surface area contributed by atoms with E-state index in [9.17, 15) is 19.2 Å². The van der Waals surface area contributed by atoms with Gasteiger partial charge in [-0.15, -0.1) is 0 Å². The molecule has 2 amide bonds. The number of aryl methyl sites for hydroxylation is 2. The van der Waals surface area contributed by atoms with Crippen molar-refractivity contribution in [3.05, 3.63) is 45.1 Å². The maximum absolute atomic E-state index is 12.6. The Morgan fingerprint density at radius 1 is 1.10 bits per heavy atom. The van der Waals surface area contributed by atoms with Crippen LogP contribution in [0.5, 0.6) is 0 Å². The van der Waals surface area contributed by atoms with Crippen LogP contribution < -0.4 is 21.9 Å². The third-order valence-corrected chi connectivity index (χ3v) is 5.40. The second-order valence-electron chi connectivity index (χ2n) is 6.62. The van der Waals surface area contributed by atoms with Crippen LogP contribution in [-0.2, 0) is 30.2 Å². The summed E-state index contributed by atoms with van der Waals surface area (Å²) in [5, 5.41) is 5.91. The minimum Gasteiger partial charge on any atom is -0.326 e. The predicted molar refractivity (Wildman–Crippen MR) is 116 cm³/mol. The second kappa shape index (κ2) is 8.57. The summed E-state index contributed by atoms with van der Waals surface area (Å²) < 4.78 is 4.06. The fourth-order valence-electron chi connectivity index (χ4n) is 3.04. The number of fused-ring (bicyclic) bond motifs is 1. The lowest BCUT2D eigenvalue weighted by Gasteiger charge is -2.08. The molecule has 3 aromatic rings. The minimum atomic E-state index is -0.457. The predicted octanol–water partition coefficient (Wildman–Crippen LogP) is 1.14. The first-order chi connectivity index (χ1) is 14.2. The number of hydrogen-bond donors (Lipinski definition) is 2. The largest absolute Gasteiger partial charge is 0.332 e. The molecular weight excluding hydrogens is 408 g/mol. The Morgan fingerprint density at radius 3 is 2.40 bits per heavy atom. The third-order valence-electron chi connectivity index (χ3n) is 4.43. The number of rotatable bonds is 6. The van der Waals surface area contributed by atoms with Crippen molar-refractivity contribution in [3.63, 3.8) is 0 Å². The molecule has 0 aliphatic carbocycles. The molecule has 158 valence electrons. The van der Waals surface area contributed by atoms with Crippen LogP contribution in [0.4, 0.5) is 11.4 Å². The Kier molecular flexibility index (Phi) is 6.11. The molecule has 2 aromatic heterocycles. The van der Waals surface area contributed by atoms with Gasteiger partial charge in [0.2, 0.25) is 11.8 Å². The molecular formula is C19H22N6O4S. The molecule has 0 saturated carbocycles. The molecule has 0 aliphatic heterocycles. The molecule has 0 saturated heterocycles. The van der Waals surface area contributed by atoms with Crippen LogP contribution in [0, 0.1) is 0 Å². The zero-order valence-electron chi connectivity index (χ0n) is 17.1. The van der Waals surface area contributed by atoms with Gasteiger partial charge in [-0.25, -0.2) is 9.78 Å². The molecule has 11 heteroatoms. The van der Waals surface area contributed by atoms with Crippen LogP contribution in [0.15, 0.2) is 39.0 Å². The molecule has 0 spiro atoms. The van der Waals surface area contributed by atoms with E-state index < -0.39 is 11.2 Å². The maximum atomic E-state index is 12.6. The van der Waals surface area contributed by atoms with Gasteiger partial charge < -0.3 is 15.2 Å². The summed E-state index contributed by atoms with van der Waals surface area (Å²) in [6.45, 7) is 3.74. The highest BCUT2D eigenvalue weighted by Crippen LogP contribution is 2.22. The van der Waals surface area contributed by atoms with Crippen molar-refractivity contribution in [3.8, 4) is 0 Å². The lowest BCUT2D eigenvalue weighted by atomic mass is 10.2. The summed E-state index contributed by atoms with van der Waals surface area (Å²) >= 11 is 1.18. The van der Waals surface area contributed by atoms with Crippen LogP contribution in [0.1, 0.15) is 13.8 Å². The highest BCUT2D eigenvalue weighted by Gasteiger charge is 2.19. The zero-order chi connectivity index (χ0) is 22.0. The number of nitrogens with one attached hydrogen (secondary N) is 2. The van der Waals surface area contributed by atoms with Gasteiger partial charge in [-0.3, -0.25) is 23.5 Å². The van der Waals surface area contributed by atoms with Gasteiger partial charge in [0.1, 0.15) is 0 Å². The van der Waals surface area contributed by atoms with Crippen LogP contribution in [-0.4, -0.2) is 36.3 Å². The molecule has 10 nitrogen and oxygen atoms in total. The van der Waals surface area contributed by atoms with E-state index in [0.717, 1.165) is 4.57 Å². The van der Waals surface area contributed by atoms with Gasteiger partial charge in [0, 0.05) is 38.9 Å². The minimum absolute atomic E-state index is 0.0575. The number of nitrogens with zero attached hydrogens (tertiary/aromatic N) is 4. The van der Waals surface area contributed by atoms with Crippen LogP contribution in [0.25, 0.3) is 11.2 Å². The SMILES string of the molecule is CCn1c(SCC(=O)Nc2cccc(NC(C)=O)c2)nc2c1c(=O)n(C)c(=O)n2C. The number of benzene rings is 1. The number of amides is 2. The summed E-state index contributed by atoms with van der Waals surface area (Å²) in [6.07, 6.45) is 0. The Morgan fingerprint density at radius 2 is 1.77 bits per heavy atom. The Hall–Kier alpha value is -3.34. The van der Waals surface area contributed by atoms with E-state index in [-0.39, 0.29) is 23.2 Å². The van der Waals surface area contributed by atoms with Crippen LogP contribution >= 0.6 is 11.8 Å². The number of anilines is 2. The van der Waals surface area contributed by atoms with Gasteiger partial charge >= 0.3 is 5.69 Å². The van der Waals surface area contributed by atoms with Crippen LogP contribution in [0.2, 0.25) is 0 Å². The highest BCUT2D eigenvalue weighted by molar-refractivity contribution is 7.99. The van der Waals surface area contributed by atoms with Crippen molar-refractivity contribution >= 4 is 46.1 Å². The molecule has 2 N–H and O–H groups in total. The third kappa shape index (κ3) is 4.15. The molecule has 0 bridgehead atoms. The van der Waals surface area contributed by atoms with Gasteiger partial charge in [0.15, 0.2) is 16.3 Å². The molecule has 0 fully saturated rings. The molecule has 3 rings (SSSR count). The highest BCUT2D eigenvalue weighted by atomic mass is 32.2. The Balaban J connectivity index is 1.81. The van der Waals surface area contributed by atoms with E-state index in [4.69, 9.17) is 0 Å². The number of aromatic nitrogens is 4. The van der Waals surface area contributed by atoms with Gasteiger partial charge in [-0.2, -0.15) is 0 Å². The number of hydrogen-bond acceptors (Lipinski definition) is 6. The second-order valence-corrected chi connectivity index (χ2v) is 7.56. The van der Waals surface area contributed by atoms with E-state index in [1.165, 1.54) is 30.3 Å². The first-order valence-electron chi connectivity index (χ1n) is 9.19. The molecule has 2 heterocycles. The number of thioether (sulfide) groups is 1. The average molecular weight is 430 g/mol. The van der Waals surface area contributed by atoms with Crippen molar-refractivity contribution in [1.29, 1.82) is 0 Å². The molecule has 1 aromatic carbocycles. The number of carbonyl (C=O) groups excluding carboxylic acids is 2. The summed E-state index contributed by atoms with van der Waals surface area (Å²) in [6, 6.07) is 6.82. The van der Waals surface area contributed by atoms with E-state index in [0.29, 0.717) is 28.6 Å². The van der Waals surface area contributed by atoms with E-state index >= 15 is 0 Å². The van der Waals surface area contributed by atoms with Crippen molar-refractivity contribution in [2.75, 3.05) is 16.4 Å². The van der Waals surface area contributed by atoms with Gasteiger partial charge in [-0.05, 0) is 25.1 Å². The van der Waals surface area contributed by atoms with Crippen molar-refractivity contribution in [1.82, 2.24) is 18.7 Å². The summed E-state index contributed by atoms with van der Waals surface area (Å²) in [5.74, 6) is -0.411. The molecule has 0 aliphatic rings. The molecule has 0 atom stereocenters. The fraction of sp³-hybridized carbons (Fsp3) is 0.316. The number of imidazole rings is 1. The normalized spacial score (nSPS) is 10.9. The zero-order valence-corrected chi connectivity index (χ0v) is 17.9. The summed E-state index contributed by atoms with van der Waals surface area (Å²) in [7, 11) is 2.98. The lowest BCUT2D eigenvalue weighted by molar-refractivity contribution is -0.114. The van der Waals surface area contributed by atoms with Gasteiger partial charge in [-0.1, -0.05) is 17.8 Å². The van der Waals surface area contributed by atoms with E-state index in [1.54, 1.807) is 35.9 Å². The van der Waals surface area contributed by atoms with Crippen molar-refractivity contribution < 1.29 is 9.59 Å². The maximum Gasteiger partial charge on any atom is 0.332 e.